The Kier molecular flexibility index (Phi) is 4.37. The molecule has 92 valence electrons. The van der Waals surface area contributed by atoms with Crippen molar-refractivity contribution in [1.29, 1.82) is 0 Å². The van der Waals surface area contributed by atoms with E-state index in [1.54, 1.807) is 36.5 Å². The Hall–Kier alpha value is -0.910. The van der Waals surface area contributed by atoms with E-state index >= 15 is 0 Å². The van der Waals surface area contributed by atoms with E-state index < -0.39 is 0 Å². The van der Waals surface area contributed by atoms with Crippen molar-refractivity contribution in [3.05, 3.63) is 56.2 Å². The predicted octanol–water partition coefficient (Wildman–Crippen LogP) is 4.51. The van der Waals surface area contributed by atoms with Crippen molar-refractivity contribution in [2.45, 2.75) is 0 Å². The summed E-state index contributed by atoms with van der Waals surface area (Å²) in [7, 11) is 0. The van der Waals surface area contributed by atoms with Gasteiger partial charge in [0, 0.05) is 10.7 Å². The first-order valence-electron chi connectivity index (χ1n) is 4.95. The molecular formula is C12H7Br2ClN2O. The number of benzene rings is 1. The Morgan fingerprint density at radius 1 is 1.28 bits per heavy atom. The van der Waals surface area contributed by atoms with Crippen LogP contribution in [-0.4, -0.2) is 10.9 Å². The lowest BCUT2D eigenvalue weighted by Gasteiger charge is -2.08. The number of pyridine rings is 1. The summed E-state index contributed by atoms with van der Waals surface area (Å²) in [6.45, 7) is 0. The van der Waals surface area contributed by atoms with Crippen molar-refractivity contribution in [2.75, 3.05) is 5.32 Å². The Balaban J connectivity index is 2.25. The highest BCUT2D eigenvalue weighted by molar-refractivity contribution is 9.10. The highest BCUT2D eigenvalue weighted by atomic mass is 79.9. The fraction of sp³-hybridized carbons (Fsp3) is 0. The zero-order chi connectivity index (χ0) is 13.1. The monoisotopic (exact) mass is 388 g/mol. The molecule has 1 aromatic heterocycles. The van der Waals surface area contributed by atoms with Crippen LogP contribution in [0.2, 0.25) is 5.02 Å². The number of nitrogens with one attached hydrogen (secondary N) is 1. The van der Waals surface area contributed by atoms with E-state index in [0.29, 0.717) is 20.9 Å². The highest BCUT2D eigenvalue weighted by Crippen LogP contribution is 2.24. The van der Waals surface area contributed by atoms with Gasteiger partial charge in [0.1, 0.15) is 4.60 Å². The van der Waals surface area contributed by atoms with Gasteiger partial charge >= 0.3 is 0 Å². The summed E-state index contributed by atoms with van der Waals surface area (Å²) in [4.78, 5) is 16.1. The number of anilines is 1. The maximum Gasteiger partial charge on any atom is 0.257 e. The zero-order valence-electron chi connectivity index (χ0n) is 8.95. The van der Waals surface area contributed by atoms with Gasteiger partial charge in [0.25, 0.3) is 5.91 Å². The number of aromatic nitrogens is 1. The molecule has 2 aromatic rings. The molecule has 0 bridgehead atoms. The minimum absolute atomic E-state index is 0.277. The summed E-state index contributed by atoms with van der Waals surface area (Å²) >= 11 is 12.6. The number of hydrogen-bond donors (Lipinski definition) is 1. The van der Waals surface area contributed by atoms with Crippen molar-refractivity contribution in [3.63, 3.8) is 0 Å². The molecule has 3 nitrogen and oxygen atoms in total. The fourth-order valence-electron chi connectivity index (χ4n) is 1.34. The smallest absolute Gasteiger partial charge is 0.257 e. The summed E-state index contributed by atoms with van der Waals surface area (Å²) in [5.41, 5.74) is 1.01. The molecule has 1 aromatic carbocycles. The third kappa shape index (κ3) is 3.10. The second-order valence-electron chi connectivity index (χ2n) is 3.42. The maximum absolute atomic E-state index is 12.0. The van der Waals surface area contributed by atoms with Crippen LogP contribution in [0.3, 0.4) is 0 Å². The Labute approximate surface area is 126 Å². The summed E-state index contributed by atoms with van der Waals surface area (Å²) < 4.78 is 1.40. The van der Waals surface area contributed by atoms with Gasteiger partial charge in [-0.1, -0.05) is 27.5 Å². The number of halogens is 3. The van der Waals surface area contributed by atoms with Crippen molar-refractivity contribution >= 4 is 55.1 Å². The molecular weight excluding hydrogens is 383 g/mol. The summed E-state index contributed by atoms with van der Waals surface area (Å²) in [5, 5.41) is 3.13. The van der Waals surface area contributed by atoms with Crippen LogP contribution in [0, 0.1) is 0 Å². The van der Waals surface area contributed by atoms with Crippen LogP contribution in [0.25, 0.3) is 0 Å². The molecule has 18 heavy (non-hydrogen) atoms. The molecule has 2 rings (SSSR count). The number of amides is 1. The zero-order valence-corrected chi connectivity index (χ0v) is 12.9. The van der Waals surface area contributed by atoms with E-state index in [1.165, 1.54) is 0 Å². The molecule has 0 spiro atoms. The minimum atomic E-state index is -0.277. The first kappa shape index (κ1) is 13.5. The van der Waals surface area contributed by atoms with E-state index in [1.807, 2.05) is 0 Å². The lowest BCUT2D eigenvalue weighted by molar-refractivity contribution is 0.102. The van der Waals surface area contributed by atoms with Gasteiger partial charge < -0.3 is 5.32 Å². The van der Waals surface area contributed by atoms with Gasteiger partial charge in [0.2, 0.25) is 0 Å². The van der Waals surface area contributed by atoms with Gasteiger partial charge in [0.05, 0.1) is 16.3 Å². The SMILES string of the molecule is O=C(Nc1cccnc1Br)c1ccc(Br)cc1Cl. The number of nitrogens with zero attached hydrogens (tertiary/aromatic N) is 1. The second kappa shape index (κ2) is 5.82. The molecule has 0 aliphatic carbocycles. The van der Waals surface area contributed by atoms with Crippen molar-refractivity contribution < 1.29 is 4.79 Å². The second-order valence-corrected chi connectivity index (χ2v) is 5.49. The van der Waals surface area contributed by atoms with Crippen molar-refractivity contribution in [3.8, 4) is 0 Å². The largest absolute Gasteiger partial charge is 0.320 e. The van der Waals surface area contributed by atoms with E-state index in [2.05, 4.69) is 42.2 Å². The normalized spacial score (nSPS) is 10.2. The van der Waals surface area contributed by atoms with Crippen LogP contribution in [-0.2, 0) is 0 Å². The topological polar surface area (TPSA) is 42.0 Å². The first-order valence-corrected chi connectivity index (χ1v) is 6.91. The van der Waals surface area contributed by atoms with Crippen LogP contribution in [0.1, 0.15) is 10.4 Å². The molecule has 0 unspecified atom stereocenters. The fourth-order valence-corrected chi connectivity index (χ4v) is 2.45. The molecule has 1 amide bonds. The van der Waals surface area contributed by atoms with E-state index in [9.17, 15) is 4.79 Å². The molecule has 0 saturated heterocycles. The lowest BCUT2D eigenvalue weighted by atomic mass is 10.2. The molecule has 0 aliphatic rings. The van der Waals surface area contributed by atoms with Gasteiger partial charge in [-0.05, 0) is 46.3 Å². The van der Waals surface area contributed by atoms with Gasteiger partial charge in [-0.15, -0.1) is 0 Å². The van der Waals surface area contributed by atoms with Crippen LogP contribution < -0.4 is 5.32 Å². The number of rotatable bonds is 2. The molecule has 1 heterocycles. The van der Waals surface area contributed by atoms with Gasteiger partial charge in [-0.3, -0.25) is 4.79 Å². The van der Waals surface area contributed by atoms with Gasteiger partial charge in [0.15, 0.2) is 0 Å². The predicted molar refractivity (Wildman–Crippen MR) is 79.0 cm³/mol. The summed E-state index contributed by atoms with van der Waals surface area (Å²) in [5.74, 6) is -0.277. The minimum Gasteiger partial charge on any atom is -0.320 e. The van der Waals surface area contributed by atoms with E-state index in [0.717, 1.165) is 4.47 Å². The maximum atomic E-state index is 12.0. The van der Waals surface area contributed by atoms with Crippen molar-refractivity contribution in [1.82, 2.24) is 4.98 Å². The molecule has 0 atom stereocenters. The molecule has 0 fully saturated rings. The third-order valence-corrected chi connectivity index (χ3v) is 3.62. The average Bonchev–Trinajstić information content (AvgIpc) is 2.32. The summed E-state index contributed by atoms with van der Waals surface area (Å²) in [6, 6.07) is 8.59. The Morgan fingerprint density at radius 3 is 2.72 bits per heavy atom. The van der Waals surface area contributed by atoms with Crippen LogP contribution in [0.4, 0.5) is 5.69 Å². The Morgan fingerprint density at radius 2 is 2.06 bits per heavy atom. The Bertz CT molecular complexity index is 604. The first-order chi connectivity index (χ1) is 8.58. The highest BCUT2D eigenvalue weighted by Gasteiger charge is 2.12. The standard InChI is InChI=1S/C12H7Br2ClN2O/c13-7-3-4-8(9(15)6-7)12(18)17-10-2-1-5-16-11(10)14/h1-6H,(H,17,18). The van der Waals surface area contributed by atoms with E-state index in [4.69, 9.17) is 11.6 Å². The van der Waals surface area contributed by atoms with Crippen molar-refractivity contribution in [2.24, 2.45) is 0 Å². The average molecular weight is 390 g/mol. The molecule has 0 radical (unpaired) electrons. The molecule has 1 N–H and O–H groups in total. The van der Waals surface area contributed by atoms with E-state index in [-0.39, 0.29) is 5.91 Å². The van der Waals surface area contributed by atoms with Crippen LogP contribution in [0.15, 0.2) is 45.6 Å². The van der Waals surface area contributed by atoms with Gasteiger partial charge in [-0.25, -0.2) is 4.98 Å². The lowest BCUT2D eigenvalue weighted by Crippen LogP contribution is -2.13. The number of carbonyl (C=O) groups excluding carboxylic acids is 1. The third-order valence-electron chi connectivity index (χ3n) is 2.18. The molecule has 6 heteroatoms. The molecule has 0 aliphatic heterocycles. The molecule has 0 saturated carbocycles. The van der Waals surface area contributed by atoms with Gasteiger partial charge in [-0.2, -0.15) is 0 Å². The number of hydrogen-bond acceptors (Lipinski definition) is 2. The summed E-state index contributed by atoms with van der Waals surface area (Å²) in [6.07, 6.45) is 1.63. The van der Waals surface area contributed by atoms with Crippen LogP contribution >= 0.6 is 43.5 Å². The number of carbonyl (C=O) groups is 1. The van der Waals surface area contributed by atoms with Crippen LogP contribution in [0.5, 0.6) is 0 Å². The quantitative estimate of drug-likeness (QED) is 0.767.